The molecule has 0 bridgehead atoms. The zero-order valence-corrected chi connectivity index (χ0v) is 9.01. The SMILES string of the molecule is C#CC[N+](C)(C)CC(C)C(=O)O.[Cl-]. The van der Waals surface area contributed by atoms with Crippen LogP contribution in [0.15, 0.2) is 0 Å². The summed E-state index contributed by atoms with van der Waals surface area (Å²) in [6.45, 7) is 2.83. The molecule has 0 aliphatic rings. The van der Waals surface area contributed by atoms with Gasteiger partial charge in [-0.05, 0) is 12.8 Å². The molecule has 0 radical (unpaired) electrons. The number of hydrogen-bond donors (Lipinski definition) is 1. The van der Waals surface area contributed by atoms with Crippen LogP contribution in [-0.4, -0.2) is 42.7 Å². The van der Waals surface area contributed by atoms with E-state index in [0.717, 1.165) is 0 Å². The van der Waals surface area contributed by atoms with E-state index in [1.807, 2.05) is 14.1 Å². The van der Waals surface area contributed by atoms with Crippen LogP contribution in [0.3, 0.4) is 0 Å². The molecule has 0 aromatic heterocycles. The number of quaternary nitrogens is 1. The maximum Gasteiger partial charge on any atom is 0.311 e. The predicted octanol–water partition coefficient (Wildman–Crippen LogP) is -2.58. The number of rotatable bonds is 4. The third-order valence-corrected chi connectivity index (χ3v) is 1.71. The van der Waals surface area contributed by atoms with E-state index in [2.05, 4.69) is 5.92 Å². The minimum absolute atomic E-state index is 0. The fourth-order valence-electron chi connectivity index (χ4n) is 1.13. The fraction of sp³-hybridized carbons (Fsp3) is 0.667. The summed E-state index contributed by atoms with van der Waals surface area (Å²) >= 11 is 0. The van der Waals surface area contributed by atoms with Crippen LogP contribution in [0.4, 0.5) is 0 Å². The van der Waals surface area contributed by atoms with Crippen molar-refractivity contribution in [1.82, 2.24) is 0 Å². The molecule has 0 saturated carbocycles. The molecule has 0 amide bonds. The van der Waals surface area contributed by atoms with Gasteiger partial charge in [-0.25, -0.2) is 0 Å². The molecule has 1 unspecified atom stereocenters. The Morgan fingerprint density at radius 2 is 2.08 bits per heavy atom. The van der Waals surface area contributed by atoms with Gasteiger partial charge in [-0.3, -0.25) is 4.79 Å². The zero-order valence-electron chi connectivity index (χ0n) is 8.25. The second-order valence-corrected chi connectivity index (χ2v) is 3.72. The summed E-state index contributed by atoms with van der Waals surface area (Å²) in [5.41, 5.74) is 0. The van der Waals surface area contributed by atoms with Crippen molar-refractivity contribution in [2.75, 3.05) is 27.2 Å². The van der Waals surface area contributed by atoms with E-state index in [1.165, 1.54) is 0 Å². The third-order valence-electron chi connectivity index (χ3n) is 1.71. The van der Waals surface area contributed by atoms with Crippen LogP contribution in [0.25, 0.3) is 0 Å². The molecular formula is C9H16ClNO2. The Labute approximate surface area is 85.7 Å². The highest BCUT2D eigenvalue weighted by atomic mass is 35.5. The molecule has 0 saturated heterocycles. The van der Waals surface area contributed by atoms with Crippen molar-refractivity contribution < 1.29 is 26.8 Å². The molecule has 1 atom stereocenters. The molecule has 13 heavy (non-hydrogen) atoms. The standard InChI is InChI=1S/C9H15NO2.ClH/c1-5-6-10(3,4)7-8(2)9(11)12;/h1,8H,6-7H2,2-4H3;1H. The normalized spacial score (nSPS) is 12.5. The van der Waals surface area contributed by atoms with Crippen molar-refractivity contribution in [3.05, 3.63) is 0 Å². The van der Waals surface area contributed by atoms with Gasteiger partial charge in [-0.1, -0.05) is 0 Å². The molecule has 4 heteroatoms. The van der Waals surface area contributed by atoms with E-state index in [4.69, 9.17) is 11.5 Å². The third kappa shape index (κ3) is 6.44. The van der Waals surface area contributed by atoms with Crippen molar-refractivity contribution in [3.63, 3.8) is 0 Å². The lowest BCUT2D eigenvalue weighted by Gasteiger charge is -2.28. The molecule has 76 valence electrons. The van der Waals surface area contributed by atoms with Gasteiger partial charge in [0.1, 0.15) is 12.5 Å². The number of carboxylic acid groups (broad SMARTS) is 1. The van der Waals surface area contributed by atoms with Crippen molar-refractivity contribution >= 4 is 5.97 Å². The molecule has 0 heterocycles. The number of halogens is 1. The minimum atomic E-state index is -0.766. The van der Waals surface area contributed by atoms with Crippen LogP contribution < -0.4 is 12.4 Å². The van der Waals surface area contributed by atoms with Crippen LogP contribution >= 0.6 is 0 Å². The van der Waals surface area contributed by atoms with Gasteiger partial charge in [0.25, 0.3) is 0 Å². The lowest BCUT2D eigenvalue weighted by atomic mass is 10.1. The molecule has 0 rings (SSSR count). The average Bonchev–Trinajstić information content (AvgIpc) is 1.85. The molecule has 0 aliphatic carbocycles. The van der Waals surface area contributed by atoms with E-state index in [9.17, 15) is 4.79 Å². The van der Waals surface area contributed by atoms with Gasteiger partial charge in [0.15, 0.2) is 0 Å². The van der Waals surface area contributed by atoms with Gasteiger partial charge in [0, 0.05) is 0 Å². The highest BCUT2D eigenvalue weighted by Gasteiger charge is 2.22. The average molecular weight is 206 g/mol. The van der Waals surface area contributed by atoms with E-state index >= 15 is 0 Å². The topological polar surface area (TPSA) is 37.3 Å². The van der Waals surface area contributed by atoms with E-state index in [1.54, 1.807) is 6.92 Å². The van der Waals surface area contributed by atoms with Crippen molar-refractivity contribution in [3.8, 4) is 12.3 Å². The van der Waals surface area contributed by atoms with Crippen molar-refractivity contribution in [1.29, 1.82) is 0 Å². The first kappa shape index (κ1) is 14.8. The summed E-state index contributed by atoms with van der Waals surface area (Å²) in [7, 11) is 3.86. The van der Waals surface area contributed by atoms with Crippen molar-refractivity contribution in [2.45, 2.75) is 6.92 Å². The van der Waals surface area contributed by atoms with E-state index in [0.29, 0.717) is 17.6 Å². The Hall–Kier alpha value is -0.720. The summed E-state index contributed by atoms with van der Waals surface area (Å²) in [6.07, 6.45) is 5.15. The zero-order chi connectivity index (χ0) is 9.78. The van der Waals surface area contributed by atoms with Crippen LogP contribution in [-0.2, 0) is 4.79 Å². The summed E-state index contributed by atoms with van der Waals surface area (Å²) in [5, 5.41) is 8.65. The van der Waals surface area contributed by atoms with Crippen LogP contribution in [0.2, 0.25) is 0 Å². The number of terminal acetylenes is 1. The van der Waals surface area contributed by atoms with Gasteiger partial charge in [-0.15, -0.1) is 6.42 Å². The summed E-state index contributed by atoms with van der Waals surface area (Å²) in [4.78, 5) is 10.5. The van der Waals surface area contributed by atoms with Crippen LogP contribution in [0, 0.1) is 18.3 Å². The quantitative estimate of drug-likeness (QED) is 0.405. The lowest BCUT2D eigenvalue weighted by molar-refractivity contribution is -0.885. The maximum atomic E-state index is 10.5. The molecule has 0 aromatic rings. The smallest absolute Gasteiger partial charge is 0.311 e. The number of nitrogens with zero attached hydrogens (tertiary/aromatic N) is 1. The molecule has 1 N–H and O–H groups in total. The second kappa shape index (κ2) is 5.85. The Kier molecular flexibility index (Phi) is 6.65. The van der Waals surface area contributed by atoms with Gasteiger partial charge in [0.05, 0.1) is 20.6 Å². The highest BCUT2D eigenvalue weighted by Crippen LogP contribution is 2.04. The first-order chi connectivity index (χ1) is 5.39. The van der Waals surface area contributed by atoms with Crippen LogP contribution in [0.1, 0.15) is 6.92 Å². The monoisotopic (exact) mass is 205 g/mol. The number of carbonyl (C=O) groups is 1. The van der Waals surface area contributed by atoms with E-state index < -0.39 is 5.97 Å². The Morgan fingerprint density at radius 3 is 2.38 bits per heavy atom. The first-order valence-corrected chi connectivity index (χ1v) is 3.87. The number of carboxylic acids is 1. The molecular weight excluding hydrogens is 190 g/mol. The fourth-order valence-corrected chi connectivity index (χ4v) is 1.13. The molecule has 0 aliphatic heterocycles. The molecule has 0 fully saturated rings. The Bertz CT molecular complexity index is 208. The van der Waals surface area contributed by atoms with Crippen molar-refractivity contribution in [2.24, 2.45) is 5.92 Å². The Balaban J connectivity index is 0. The highest BCUT2D eigenvalue weighted by molar-refractivity contribution is 5.69. The second-order valence-electron chi connectivity index (χ2n) is 3.72. The number of hydrogen-bond acceptors (Lipinski definition) is 1. The van der Waals surface area contributed by atoms with Gasteiger partial charge in [-0.2, -0.15) is 0 Å². The summed E-state index contributed by atoms with van der Waals surface area (Å²) < 4.78 is 0.559. The summed E-state index contributed by atoms with van der Waals surface area (Å²) in [5.74, 6) is 1.43. The molecule has 0 spiro atoms. The Morgan fingerprint density at radius 1 is 1.62 bits per heavy atom. The lowest BCUT2D eigenvalue weighted by Crippen LogP contribution is -3.00. The van der Waals surface area contributed by atoms with Gasteiger partial charge < -0.3 is 22.0 Å². The predicted molar refractivity (Wildman–Crippen MR) is 47.5 cm³/mol. The van der Waals surface area contributed by atoms with E-state index in [-0.39, 0.29) is 18.3 Å². The van der Waals surface area contributed by atoms with Crippen LogP contribution in [0.5, 0.6) is 0 Å². The number of aliphatic carboxylic acids is 1. The first-order valence-electron chi connectivity index (χ1n) is 3.87. The van der Waals surface area contributed by atoms with Gasteiger partial charge >= 0.3 is 5.97 Å². The van der Waals surface area contributed by atoms with Gasteiger partial charge in [0.2, 0.25) is 0 Å². The summed E-state index contributed by atoms with van der Waals surface area (Å²) in [6, 6.07) is 0. The molecule has 3 nitrogen and oxygen atoms in total. The maximum absolute atomic E-state index is 10.5. The minimum Gasteiger partial charge on any atom is -1.00 e. The largest absolute Gasteiger partial charge is 1.00 e. The molecule has 0 aromatic carbocycles.